The van der Waals surface area contributed by atoms with Crippen molar-refractivity contribution in [3.63, 3.8) is 0 Å². The Labute approximate surface area is 239 Å². The van der Waals surface area contributed by atoms with Crippen LogP contribution in [0.3, 0.4) is 0 Å². The summed E-state index contributed by atoms with van der Waals surface area (Å²) in [5.41, 5.74) is 5.62. The van der Waals surface area contributed by atoms with Gasteiger partial charge in [0.25, 0.3) is 5.91 Å². The molecular weight excluding hydrogens is 504 g/mol. The number of methoxy groups -OCH3 is 1. The van der Waals surface area contributed by atoms with Gasteiger partial charge in [-0.15, -0.1) is 0 Å². The molecule has 2 heterocycles. The molecule has 1 aliphatic carbocycles. The molecule has 1 saturated carbocycles. The minimum atomic E-state index is -0.502. The smallest absolute Gasteiger partial charge is 0.407 e. The van der Waals surface area contributed by atoms with Crippen LogP contribution < -0.4 is 20.3 Å². The number of carbonyl (C=O) groups excluding carboxylic acids is 2. The van der Waals surface area contributed by atoms with Gasteiger partial charge in [0.15, 0.2) is 0 Å². The van der Waals surface area contributed by atoms with Crippen molar-refractivity contribution in [2.45, 2.75) is 110 Å². The van der Waals surface area contributed by atoms with Crippen LogP contribution in [0.1, 0.15) is 99.0 Å². The molecule has 0 radical (unpaired) electrons. The molecule has 2 amide bonds. The Kier molecular flexibility index (Phi) is 9.59. The predicted octanol–water partition coefficient (Wildman–Crippen LogP) is 5.87. The number of benzene rings is 1. The third-order valence-corrected chi connectivity index (χ3v) is 7.95. The second-order valence-electron chi connectivity index (χ2n) is 12.0. The van der Waals surface area contributed by atoms with E-state index in [4.69, 9.17) is 9.47 Å². The van der Waals surface area contributed by atoms with Gasteiger partial charge >= 0.3 is 6.09 Å². The van der Waals surface area contributed by atoms with Crippen molar-refractivity contribution in [2.24, 2.45) is 0 Å². The number of ether oxygens (including phenoxy) is 2. The summed E-state index contributed by atoms with van der Waals surface area (Å²) in [7, 11) is 1.64. The number of anilines is 1. The first-order valence-corrected chi connectivity index (χ1v) is 14.8. The second kappa shape index (κ2) is 12.9. The van der Waals surface area contributed by atoms with E-state index < -0.39 is 5.60 Å². The largest absolute Gasteiger partial charge is 0.481 e. The van der Waals surface area contributed by atoms with Crippen molar-refractivity contribution in [3.05, 3.63) is 52.2 Å². The van der Waals surface area contributed by atoms with E-state index in [1.165, 1.54) is 5.56 Å². The number of carbonyl (C=O) groups is 2. The maximum absolute atomic E-state index is 13.6. The second-order valence-corrected chi connectivity index (χ2v) is 12.0. The van der Waals surface area contributed by atoms with Gasteiger partial charge in [-0.25, -0.2) is 9.78 Å². The summed E-state index contributed by atoms with van der Waals surface area (Å²) >= 11 is 0. The lowest BCUT2D eigenvalue weighted by Gasteiger charge is -2.39. The molecule has 4 rings (SSSR count). The molecule has 2 aromatic rings. The quantitative estimate of drug-likeness (QED) is 0.484. The fraction of sp³-hybridized carbons (Fsp3) is 0.594. The van der Waals surface area contributed by atoms with Gasteiger partial charge in [0.05, 0.1) is 7.11 Å². The first-order chi connectivity index (χ1) is 19.1. The average Bonchev–Trinajstić information content (AvgIpc) is 2.93. The van der Waals surface area contributed by atoms with Gasteiger partial charge in [0.2, 0.25) is 5.88 Å². The van der Waals surface area contributed by atoms with Crippen molar-refractivity contribution < 1.29 is 19.1 Å². The van der Waals surface area contributed by atoms with E-state index in [9.17, 15) is 9.59 Å². The Morgan fingerprint density at radius 2 is 1.85 bits per heavy atom. The molecule has 8 heteroatoms. The number of rotatable bonds is 5. The van der Waals surface area contributed by atoms with Gasteiger partial charge in [-0.05, 0) is 115 Å². The van der Waals surface area contributed by atoms with Crippen LogP contribution in [-0.2, 0) is 24.1 Å². The van der Waals surface area contributed by atoms with E-state index in [1.54, 1.807) is 7.11 Å². The third kappa shape index (κ3) is 7.26. The summed E-state index contributed by atoms with van der Waals surface area (Å²) in [4.78, 5) is 32.9. The summed E-state index contributed by atoms with van der Waals surface area (Å²) in [6.45, 7) is 11.1. The number of hydrogen-bond donors (Lipinski definition) is 2. The van der Waals surface area contributed by atoms with E-state index in [1.807, 2.05) is 39.8 Å². The highest BCUT2D eigenvalue weighted by Crippen LogP contribution is 2.33. The van der Waals surface area contributed by atoms with Crippen LogP contribution in [0.4, 0.5) is 10.5 Å². The fourth-order valence-electron chi connectivity index (χ4n) is 6.15. The minimum absolute atomic E-state index is 0.0614. The molecule has 218 valence electrons. The summed E-state index contributed by atoms with van der Waals surface area (Å²) < 4.78 is 11.0. The highest BCUT2D eigenvalue weighted by molar-refractivity contribution is 5.97. The van der Waals surface area contributed by atoms with Crippen LogP contribution in [-0.4, -0.2) is 48.3 Å². The van der Waals surface area contributed by atoms with E-state index >= 15 is 0 Å². The molecule has 40 heavy (non-hydrogen) atoms. The number of amides is 2. The van der Waals surface area contributed by atoms with Crippen molar-refractivity contribution >= 4 is 17.7 Å². The summed E-state index contributed by atoms with van der Waals surface area (Å²) in [6.07, 6.45) is 7.22. The van der Waals surface area contributed by atoms with E-state index in [0.717, 1.165) is 86.0 Å². The zero-order chi connectivity index (χ0) is 28.9. The Balaban J connectivity index is 1.51. The predicted molar refractivity (Wildman–Crippen MR) is 158 cm³/mol. The Bertz CT molecular complexity index is 1200. The number of alkyl carbamates (subject to hydrolysis) is 1. The molecule has 0 bridgehead atoms. The van der Waals surface area contributed by atoms with Crippen LogP contribution in [0.5, 0.6) is 5.88 Å². The molecule has 0 spiro atoms. The maximum Gasteiger partial charge on any atom is 0.407 e. The summed E-state index contributed by atoms with van der Waals surface area (Å²) in [6, 6.07) is 8.73. The number of pyridine rings is 1. The molecule has 0 unspecified atom stereocenters. The topological polar surface area (TPSA) is 92.8 Å². The summed E-state index contributed by atoms with van der Waals surface area (Å²) in [5.74, 6) is 0.533. The molecule has 2 N–H and O–H groups in total. The van der Waals surface area contributed by atoms with Crippen LogP contribution in [0.2, 0.25) is 0 Å². The Morgan fingerprint density at radius 3 is 2.52 bits per heavy atom. The van der Waals surface area contributed by atoms with Gasteiger partial charge in [-0.3, -0.25) is 4.79 Å². The first kappa shape index (κ1) is 29.7. The lowest BCUT2D eigenvalue weighted by molar-refractivity contribution is 0.0491. The minimum Gasteiger partial charge on any atom is -0.481 e. The van der Waals surface area contributed by atoms with Gasteiger partial charge in [0, 0.05) is 47.7 Å². The molecule has 0 saturated heterocycles. The average molecular weight is 551 g/mol. The van der Waals surface area contributed by atoms with E-state index in [0.29, 0.717) is 18.5 Å². The van der Waals surface area contributed by atoms with Crippen molar-refractivity contribution in [1.82, 2.24) is 15.6 Å². The molecule has 2 aliphatic rings. The standard InChI is InChI=1S/C32H46N4O4/c1-7-36(24-17-15-23(16-18-24)35-31(38)40-32(3,4)5)28-14-10-13-26-25(28)12-9-8-11-22-19-21(2)34-30(39-6)27(22)20-33-29(26)37/h10,13-14,19,23-24H,7-9,11-12,15-18,20H2,1-6H3,(H,33,37)(H,35,38). The molecule has 0 atom stereocenters. The highest BCUT2D eigenvalue weighted by Gasteiger charge is 2.29. The Morgan fingerprint density at radius 1 is 1.12 bits per heavy atom. The van der Waals surface area contributed by atoms with Crippen LogP contribution in [0.15, 0.2) is 24.3 Å². The zero-order valence-electron chi connectivity index (χ0n) is 25.1. The van der Waals surface area contributed by atoms with Gasteiger partial charge in [-0.2, -0.15) is 0 Å². The van der Waals surface area contributed by atoms with Crippen LogP contribution in [0, 0.1) is 6.92 Å². The number of hydrogen-bond acceptors (Lipinski definition) is 6. The molecule has 8 nitrogen and oxygen atoms in total. The number of nitrogens with one attached hydrogen (secondary N) is 2. The molecular formula is C32H46N4O4. The van der Waals surface area contributed by atoms with Crippen molar-refractivity contribution in [1.29, 1.82) is 0 Å². The molecule has 1 fully saturated rings. The van der Waals surface area contributed by atoms with Crippen LogP contribution >= 0.6 is 0 Å². The zero-order valence-corrected chi connectivity index (χ0v) is 25.1. The SMILES string of the molecule is CCN(c1cccc2c1CCCCc1cc(C)nc(OC)c1CNC2=O)C1CCC(NC(=O)OC(C)(C)C)CC1. The molecule has 1 aromatic carbocycles. The van der Waals surface area contributed by atoms with Gasteiger partial charge in [-0.1, -0.05) is 6.07 Å². The Hall–Kier alpha value is -3.29. The number of nitrogens with zero attached hydrogens (tertiary/aromatic N) is 2. The normalized spacial score (nSPS) is 19.8. The monoisotopic (exact) mass is 550 g/mol. The maximum atomic E-state index is 13.6. The number of aryl methyl sites for hydroxylation is 2. The van der Waals surface area contributed by atoms with Crippen molar-refractivity contribution in [3.8, 4) is 5.88 Å². The van der Waals surface area contributed by atoms with Crippen molar-refractivity contribution in [2.75, 3.05) is 18.6 Å². The number of fused-ring (bicyclic) bond motifs is 2. The fourth-order valence-corrected chi connectivity index (χ4v) is 6.15. The lowest BCUT2D eigenvalue weighted by atomic mass is 9.89. The van der Waals surface area contributed by atoms with E-state index in [2.05, 4.69) is 39.6 Å². The molecule has 1 aliphatic heterocycles. The van der Waals surface area contributed by atoms with E-state index in [-0.39, 0.29) is 18.0 Å². The van der Waals surface area contributed by atoms with Gasteiger partial charge in [0.1, 0.15) is 5.60 Å². The van der Waals surface area contributed by atoms with Gasteiger partial charge < -0.3 is 25.0 Å². The first-order valence-electron chi connectivity index (χ1n) is 14.8. The van der Waals surface area contributed by atoms with Crippen LogP contribution in [0.25, 0.3) is 0 Å². The summed E-state index contributed by atoms with van der Waals surface area (Å²) in [5, 5.41) is 6.22. The molecule has 1 aromatic heterocycles. The highest BCUT2D eigenvalue weighted by atomic mass is 16.6. The number of aromatic nitrogens is 1. The lowest BCUT2D eigenvalue weighted by Crippen LogP contribution is -2.45. The third-order valence-electron chi connectivity index (χ3n) is 7.95.